The van der Waals surface area contributed by atoms with Crippen LogP contribution in [0.3, 0.4) is 0 Å². The topological polar surface area (TPSA) is 69.4 Å². The molecule has 2 N–H and O–H groups in total. The molecule has 0 spiro atoms. The number of aryl methyl sites for hydroxylation is 1. The van der Waals surface area contributed by atoms with Gasteiger partial charge in [-0.15, -0.1) is 0 Å². The first-order valence-corrected chi connectivity index (χ1v) is 5.82. The molecule has 0 bridgehead atoms. The smallest absolute Gasteiger partial charge is 0.238 e. The van der Waals surface area contributed by atoms with E-state index in [9.17, 15) is 12.8 Å². The van der Waals surface area contributed by atoms with Crippen LogP contribution in [0, 0.1) is 6.92 Å². The van der Waals surface area contributed by atoms with Gasteiger partial charge in [-0.1, -0.05) is 0 Å². The van der Waals surface area contributed by atoms with Crippen molar-refractivity contribution in [2.24, 2.45) is 5.14 Å². The van der Waals surface area contributed by atoms with Crippen LogP contribution < -0.4 is 9.88 Å². The van der Waals surface area contributed by atoms with Gasteiger partial charge in [-0.25, -0.2) is 17.9 Å². The molecule has 1 aromatic rings. The molecular formula is C9H12FNO3S. The summed E-state index contributed by atoms with van der Waals surface area (Å²) in [6.07, 6.45) is 0. The number of benzene rings is 1. The Morgan fingerprint density at radius 1 is 1.47 bits per heavy atom. The van der Waals surface area contributed by atoms with Crippen LogP contribution in [-0.4, -0.2) is 21.7 Å². The monoisotopic (exact) mass is 233 g/mol. The number of alkyl halides is 1. The number of primary sulfonamides is 1. The lowest BCUT2D eigenvalue weighted by atomic mass is 10.2. The summed E-state index contributed by atoms with van der Waals surface area (Å²) >= 11 is 0. The predicted molar refractivity (Wildman–Crippen MR) is 54.0 cm³/mol. The summed E-state index contributed by atoms with van der Waals surface area (Å²) in [5.41, 5.74) is 0.606. The number of rotatable bonds is 4. The van der Waals surface area contributed by atoms with E-state index < -0.39 is 16.7 Å². The van der Waals surface area contributed by atoms with Crippen LogP contribution in [0.25, 0.3) is 0 Å². The van der Waals surface area contributed by atoms with Crippen LogP contribution >= 0.6 is 0 Å². The zero-order chi connectivity index (χ0) is 11.5. The molecule has 15 heavy (non-hydrogen) atoms. The molecule has 0 aliphatic heterocycles. The Morgan fingerprint density at radius 3 is 2.60 bits per heavy atom. The van der Waals surface area contributed by atoms with Gasteiger partial charge < -0.3 is 4.74 Å². The Balaban J connectivity index is 2.99. The van der Waals surface area contributed by atoms with Crippen molar-refractivity contribution in [2.45, 2.75) is 11.8 Å². The second-order valence-corrected chi connectivity index (χ2v) is 4.57. The normalized spacial score (nSPS) is 11.4. The molecule has 0 unspecified atom stereocenters. The minimum atomic E-state index is -3.69. The Hall–Kier alpha value is -1.14. The van der Waals surface area contributed by atoms with Crippen molar-refractivity contribution >= 4 is 10.0 Å². The lowest BCUT2D eigenvalue weighted by molar-refractivity contribution is 0.271. The second-order valence-electron chi connectivity index (χ2n) is 3.01. The molecule has 4 nitrogen and oxygen atoms in total. The number of sulfonamides is 1. The molecule has 0 amide bonds. The largest absolute Gasteiger partial charge is 0.491 e. The van der Waals surface area contributed by atoms with E-state index in [1.54, 1.807) is 6.92 Å². The SMILES string of the molecule is Cc1cc(S(N)(=O)=O)ccc1OCCF. The zero-order valence-electron chi connectivity index (χ0n) is 8.23. The van der Waals surface area contributed by atoms with Gasteiger partial charge in [0, 0.05) is 0 Å². The van der Waals surface area contributed by atoms with E-state index in [1.807, 2.05) is 0 Å². The van der Waals surface area contributed by atoms with E-state index in [1.165, 1.54) is 18.2 Å². The molecule has 6 heteroatoms. The average Bonchev–Trinajstić information content (AvgIpc) is 2.14. The molecule has 0 aliphatic carbocycles. The molecule has 1 aromatic carbocycles. The van der Waals surface area contributed by atoms with Gasteiger partial charge in [0.2, 0.25) is 10.0 Å². The van der Waals surface area contributed by atoms with Crippen LogP contribution in [-0.2, 0) is 10.0 Å². The van der Waals surface area contributed by atoms with Crippen molar-refractivity contribution in [2.75, 3.05) is 13.3 Å². The maximum absolute atomic E-state index is 11.8. The predicted octanol–water partition coefficient (Wildman–Crippen LogP) is 0.991. The first kappa shape index (κ1) is 11.9. The van der Waals surface area contributed by atoms with Crippen molar-refractivity contribution in [1.82, 2.24) is 0 Å². The molecule has 1 rings (SSSR count). The van der Waals surface area contributed by atoms with Gasteiger partial charge in [-0.3, -0.25) is 0 Å². The highest BCUT2D eigenvalue weighted by molar-refractivity contribution is 7.89. The number of hydrogen-bond donors (Lipinski definition) is 1. The fourth-order valence-corrected chi connectivity index (χ4v) is 1.71. The molecule has 0 saturated carbocycles. The van der Waals surface area contributed by atoms with E-state index in [4.69, 9.17) is 9.88 Å². The average molecular weight is 233 g/mol. The van der Waals surface area contributed by atoms with Crippen molar-refractivity contribution in [3.63, 3.8) is 0 Å². The zero-order valence-corrected chi connectivity index (χ0v) is 9.05. The molecule has 84 valence electrons. The summed E-state index contributed by atoms with van der Waals surface area (Å²) in [6.45, 7) is 1.04. The molecule has 0 saturated heterocycles. The van der Waals surface area contributed by atoms with Crippen LogP contribution in [0.1, 0.15) is 5.56 Å². The maximum Gasteiger partial charge on any atom is 0.238 e. The van der Waals surface area contributed by atoms with Gasteiger partial charge in [0.25, 0.3) is 0 Å². The standard InChI is InChI=1S/C9H12FNO3S/c1-7-6-8(15(11,12)13)2-3-9(7)14-5-4-10/h2-3,6H,4-5H2,1H3,(H2,11,12,13). The van der Waals surface area contributed by atoms with Gasteiger partial charge in [0.15, 0.2) is 0 Å². The molecule has 0 fully saturated rings. The maximum atomic E-state index is 11.8. The number of nitrogens with two attached hydrogens (primary N) is 1. The summed E-state index contributed by atoms with van der Waals surface area (Å²) in [4.78, 5) is 0.0209. The second kappa shape index (κ2) is 4.59. The van der Waals surface area contributed by atoms with Crippen LogP contribution in [0.2, 0.25) is 0 Å². The van der Waals surface area contributed by atoms with E-state index >= 15 is 0 Å². The number of hydrogen-bond acceptors (Lipinski definition) is 3. The summed E-state index contributed by atoms with van der Waals surface area (Å²) in [7, 11) is -3.69. The van der Waals surface area contributed by atoms with E-state index in [-0.39, 0.29) is 11.5 Å². The Morgan fingerprint density at radius 2 is 2.13 bits per heavy atom. The lowest BCUT2D eigenvalue weighted by Crippen LogP contribution is -2.12. The minimum Gasteiger partial charge on any atom is -0.491 e. The molecule has 0 aliphatic rings. The Kier molecular flexibility index (Phi) is 3.65. The molecule has 0 aromatic heterocycles. The van der Waals surface area contributed by atoms with E-state index in [0.717, 1.165) is 0 Å². The highest BCUT2D eigenvalue weighted by atomic mass is 32.2. The lowest BCUT2D eigenvalue weighted by Gasteiger charge is -2.08. The summed E-state index contributed by atoms with van der Waals surface area (Å²) in [5, 5.41) is 4.95. The fraction of sp³-hybridized carbons (Fsp3) is 0.333. The van der Waals surface area contributed by atoms with Crippen molar-refractivity contribution < 1.29 is 17.5 Å². The molecular weight excluding hydrogens is 221 g/mol. The van der Waals surface area contributed by atoms with E-state index in [0.29, 0.717) is 11.3 Å². The molecule has 0 atom stereocenters. The van der Waals surface area contributed by atoms with Gasteiger partial charge >= 0.3 is 0 Å². The van der Waals surface area contributed by atoms with Gasteiger partial charge in [-0.05, 0) is 30.7 Å². The van der Waals surface area contributed by atoms with Crippen molar-refractivity contribution in [1.29, 1.82) is 0 Å². The van der Waals surface area contributed by atoms with Crippen LogP contribution in [0.4, 0.5) is 4.39 Å². The molecule has 0 radical (unpaired) electrons. The first-order valence-electron chi connectivity index (χ1n) is 4.27. The Labute approximate surface area is 87.9 Å². The highest BCUT2D eigenvalue weighted by Crippen LogP contribution is 2.20. The van der Waals surface area contributed by atoms with E-state index in [2.05, 4.69) is 0 Å². The van der Waals surface area contributed by atoms with Crippen LogP contribution in [0.15, 0.2) is 23.1 Å². The quantitative estimate of drug-likeness (QED) is 0.843. The molecule has 0 heterocycles. The minimum absolute atomic E-state index is 0.0209. The van der Waals surface area contributed by atoms with Crippen molar-refractivity contribution in [3.05, 3.63) is 23.8 Å². The third kappa shape index (κ3) is 3.17. The highest BCUT2D eigenvalue weighted by Gasteiger charge is 2.09. The van der Waals surface area contributed by atoms with Crippen molar-refractivity contribution in [3.8, 4) is 5.75 Å². The van der Waals surface area contributed by atoms with Crippen LogP contribution in [0.5, 0.6) is 5.75 Å². The van der Waals surface area contributed by atoms with Gasteiger partial charge in [0.05, 0.1) is 4.90 Å². The third-order valence-corrected chi connectivity index (χ3v) is 2.72. The number of halogens is 1. The van der Waals surface area contributed by atoms with Gasteiger partial charge in [-0.2, -0.15) is 0 Å². The first-order chi connectivity index (χ1) is 6.95. The third-order valence-electron chi connectivity index (χ3n) is 1.81. The fourth-order valence-electron chi connectivity index (χ4n) is 1.11. The summed E-state index contributed by atoms with van der Waals surface area (Å²) in [6, 6.07) is 4.18. The number of ether oxygens (including phenoxy) is 1. The summed E-state index contributed by atoms with van der Waals surface area (Å²) < 4.78 is 38.9. The summed E-state index contributed by atoms with van der Waals surface area (Å²) in [5.74, 6) is 0.458. The van der Waals surface area contributed by atoms with Gasteiger partial charge in [0.1, 0.15) is 19.0 Å². The Bertz CT molecular complexity index is 445.